The number of halogens is 5. The Bertz CT molecular complexity index is 1000. The molecule has 146 valence electrons. The van der Waals surface area contributed by atoms with Crippen LogP contribution in [0, 0.1) is 5.82 Å². The van der Waals surface area contributed by atoms with Crippen molar-refractivity contribution in [3.05, 3.63) is 80.8 Å². The highest BCUT2D eigenvalue weighted by atomic mass is 35.5. The topological polar surface area (TPSA) is 38.3 Å². The molecule has 0 saturated carbocycles. The van der Waals surface area contributed by atoms with E-state index in [4.69, 9.17) is 16.3 Å². The number of para-hydroxylation sites is 1. The van der Waals surface area contributed by atoms with Gasteiger partial charge in [0, 0.05) is 11.3 Å². The monoisotopic (exact) mass is 429 g/mol. The third-order valence-electron chi connectivity index (χ3n) is 3.64. The fraction of sp³-hybridized carbons (Fsp3) is 0.105. The largest absolute Gasteiger partial charge is 0.486 e. The fourth-order valence-corrected chi connectivity index (χ4v) is 3.32. The van der Waals surface area contributed by atoms with Crippen molar-refractivity contribution in [1.82, 2.24) is 0 Å². The van der Waals surface area contributed by atoms with E-state index in [-0.39, 0.29) is 22.9 Å². The molecule has 9 heteroatoms. The average Bonchev–Trinajstić information content (AvgIpc) is 3.11. The zero-order valence-corrected chi connectivity index (χ0v) is 15.6. The lowest BCUT2D eigenvalue weighted by Gasteiger charge is -2.11. The first-order valence-corrected chi connectivity index (χ1v) is 9.12. The molecule has 0 atom stereocenters. The number of carbonyl (C=O) groups is 1. The van der Waals surface area contributed by atoms with Gasteiger partial charge in [-0.05, 0) is 41.8 Å². The third-order valence-corrected chi connectivity index (χ3v) is 4.95. The number of hydrogen-bond donors (Lipinski definition) is 1. The summed E-state index contributed by atoms with van der Waals surface area (Å²) < 4.78 is 57.6. The van der Waals surface area contributed by atoms with Gasteiger partial charge >= 0.3 is 6.18 Å². The molecule has 1 N–H and O–H groups in total. The van der Waals surface area contributed by atoms with Crippen LogP contribution in [-0.2, 0) is 12.8 Å². The van der Waals surface area contributed by atoms with Crippen molar-refractivity contribution in [3.8, 4) is 5.75 Å². The molecule has 28 heavy (non-hydrogen) atoms. The maximum atomic E-state index is 13.5. The Hall–Kier alpha value is -2.58. The second-order valence-corrected chi connectivity index (χ2v) is 7.00. The van der Waals surface area contributed by atoms with Crippen LogP contribution >= 0.6 is 22.9 Å². The van der Waals surface area contributed by atoms with Crippen LogP contribution in [0.4, 0.5) is 23.2 Å². The molecule has 0 unspecified atom stereocenters. The summed E-state index contributed by atoms with van der Waals surface area (Å²) in [6.45, 7) is 0.0455. The molecular weight excluding hydrogens is 418 g/mol. The van der Waals surface area contributed by atoms with Crippen molar-refractivity contribution < 1.29 is 27.1 Å². The third kappa shape index (κ3) is 4.82. The van der Waals surface area contributed by atoms with Gasteiger partial charge in [-0.1, -0.05) is 23.7 Å². The molecule has 0 aliphatic heterocycles. The van der Waals surface area contributed by atoms with Crippen LogP contribution in [0.2, 0.25) is 5.02 Å². The van der Waals surface area contributed by atoms with E-state index in [0.29, 0.717) is 5.56 Å². The summed E-state index contributed by atoms with van der Waals surface area (Å²) in [6.07, 6.45) is -4.63. The lowest BCUT2D eigenvalue weighted by Crippen LogP contribution is -2.12. The Morgan fingerprint density at radius 3 is 2.61 bits per heavy atom. The number of rotatable bonds is 5. The molecule has 3 rings (SSSR count). The number of carbonyl (C=O) groups excluding carboxylic acids is 1. The first-order chi connectivity index (χ1) is 13.2. The number of benzene rings is 2. The van der Waals surface area contributed by atoms with E-state index in [9.17, 15) is 22.4 Å². The van der Waals surface area contributed by atoms with Crippen molar-refractivity contribution >= 4 is 34.5 Å². The molecule has 3 aromatic rings. The Morgan fingerprint density at radius 1 is 1.14 bits per heavy atom. The number of hydrogen-bond acceptors (Lipinski definition) is 3. The predicted octanol–water partition coefficient (Wildman–Crippen LogP) is 6.39. The fourth-order valence-electron chi connectivity index (χ4n) is 2.31. The van der Waals surface area contributed by atoms with Gasteiger partial charge in [0.15, 0.2) is 11.6 Å². The van der Waals surface area contributed by atoms with E-state index < -0.39 is 28.5 Å². The molecule has 0 aliphatic carbocycles. The molecule has 1 amide bonds. The average molecular weight is 430 g/mol. The predicted molar refractivity (Wildman–Crippen MR) is 99.5 cm³/mol. The summed E-state index contributed by atoms with van der Waals surface area (Å²) in [4.78, 5) is 12.6. The normalized spacial score (nSPS) is 11.3. The number of anilines is 1. The lowest BCUT2D eigenvalue weighted by atomic mass is 10.2. The maximum Gasteiger partial charge on any atom is 0.417 e. The SMILES string of the molecule is O=C(Nc1ccc(Cl)c(C(F)(F)F)c1)c1cc(COc2ccccc2F)cs1. The molecule has 2 aromatic carbocycles. The Balaban J connectivity index is 1.67. The molecule has 0 fully saturated rings. The van der Waals surface area contributed by atoms with Crippen LogP contribution in [0.3, 0.4) is 0 Å². The van der Waals surface area contributed by atoms with E-state index in [1.165, 1.54) is 30.3 Å². The molecule has 1 aromatic heterocycles. The number of thiophene rings is 1. The van der Waals surface area contributed by atoms with Crippen molar-refractivity contribution in [1.29, 1.82) is 0 Å². The second-order valence-electron chi connectivity index (χ2n) is 5.68. The van der Waals surface area contributed by atoms with Gasteiger partial charge in [0.25, 0.3) is 5.91 Å². The van der Waals surface area contributed by atoms with Crippen LogP contribution in [0.5, 0.6) is 5.75 Å². The van der Waals surface area contributed by atoms with Crippen LogP contribution in [0.15, 0.2) is 53.9 Å². The van der Waals surface area contributed by atoms with E-state index in [0.717, 1.165) is 23.5 Å². The highest BCUT2D eigenvalue weighted by Crippen LogP contribution is 2.36. The highest BCUT2D eigenvalue weighted by molar-refractivity contribution is 7.12. The van der Waals surface area contributed by atoms with Crippen molar-refractivity contribution in [2.45, 2.75) is 12.8 Å². The van der Waals surface area contributed by atoms with Crippen LogP contribution in [0.1, 0.15) is 20.8 Å². The van der Waals surface area contributed by atoms with Crippen molar-refractivity contribution in [2.75, 3.05) is 5.32 Å². The smallest absolute Gasteiger partial charge is 0.417 e. The van der Waals surface area contributed by atoms with E-state index in [1.54, 1.807) is 11.4 Å². The summed E-state index contributed by atoms with van der Waals surface area (Å²) in [5.74, 6) is -0.989. The molecule has 0 spiro atoms. The van der Waals surface area contributed by atoms with Gasteiger partial charge in [-0.2, -0.15) is 13.2 Å². The van der Waals surface area contributed by atoms with E-state index in [2.05, 4.69) is 5.32 Å². The minimum atomic E-state index is -4.63. The molecule has 0 bridgehead atoms. The van der Waals surface area contributed by atoms with Crippen LogP contribution < -0.4 is 10.1 Å². The van der Waals surface area contributed by atoms with Crippen LogP contribution in [0.25, 0.3) is 0 Å². The minimum absolute atomic E-state index is 0.0284. The van der Waals surface area contributed by atoms with Crippen molar-refractivity contribution in [3.63, 3.8) is 0 Å². The van der Waals surface area contributed by atoms with Gasteiger partial charge in [0.05, 0.1) is 15.5 Å². The van der Waals surface area contributed by atoms with Crippen molar-refractivity contribution in [2.24, 2.45) is 0 Å². The summed E-state index contributed by atoms with van der Waals surface area (Å²) in [7, 11) is 0. The van der Waals surface area contributed by atoms with Gasteiger partial charge in [0.1, 0.15) is 6.61 Å². The molecule has 3 nitrogen and oxygen atoms in total. The quantitative estimate of drug-likeness (QED) is 0.477. The molecular formula is C19H12ClF4NO2S. The zero-order chi connectivity index (χ0) is 20.3. The maximum absolute atomic E-state index is 13.5. The number of amides is 1. The first kappa shape index (κ1) is 20.2. The van der Waals surface area contributed by atoms with E-state index in [1.807, 2.05) is 0 Å². The number of ether oxygens (including phenoxy) is 1. The Kier molecular flexibility index (Phi) is 5.90. The standard InChI is InChI=1S/C19H12ClF4NO2S/c20-14-6-5-12(8-13(14)19(22,23)24)25-18(26)17-7-11(10-28-17)9-27-16-4-2-1-3-15(16)21/h1-8,10H,9H2,(H,25,26). The van der Waals surface area contributed by atoms with Crippen LogP contribution in [-0.4, -0.2) is 5.91 Å². The van der Waals surface area contributed by atoms with Gasteiger partial charge in [-0.3, -0.25) is 4.79 Å². The van der Waals surface area contributed by atoms with Gasteiger partial charge in [-0.15, -0.1) is 11.3 Å². The summed E-state index contributed by atoms with van der Waals surface area (Å²) in [5, 5.41) is 3.61. The Labute approximate surface area is 166 Å². The molecule has 0 saturated heterocycles. The van der Waals surface area contributed by atoms with E-state index >= 15 is 0 Å². The zero-order valence-electron chi connectivity index (χ0n) is 14.0. The minimum Gasteiger partial charge on any atom is -0.486 e. The Morgan fingerprint density at radius 2 is 1.89 bits per heavy atom. The van der Waals surface area contributed by atoms with Gasteiger partial charge < -0.3 is 10.1 Å². The molecule has 0 aliphatic rings. The molecule has 1 heterocycles. The van der Waals surface area contributed by atoms with Gasteiger partial charge in [0.2, 0.25) is 0 Å². The second kappa shape index (κ2) is 8.20. The van der Waals surface area contributed by atoms with Gasteiger partial charge in [-0.25, -0.2) is 4.39 Å². The lowest BCUT2D eigenvalue weighted by molar-refractivity contribution is -0.137. The first-order valence-electron chi connectivity index (χ1n) is 7.87. The number of alkyl halides is 3. The summed E-state index contributed by atoms with van der Waals surface area (Å²) in [6, 6.07) is 10.6. The summed E-state index contributed by atoms with van der Waals surface area (Å²) in [5.41, 5.74) is -0.429. The summed E-state index contributed by atoms with van der Waals surface area (Å²) >= 11 is 6.66. The number of nitrogens with one attached hydrogen (secondary N) is 1. The molecule has 0 radical (unpaired) electrons. The highest BCUT2D eigenvalue weighted by Gasteiger charge is 2.33.